The molecule has 0 saturated carbocycles. The molecule has 0 radical (unpaired) electrons. The van der Waals surface area contributed by atoms with Gasteiger partial charge in [-0.3, -0.25) is 0 Å². The number of nitrogens with two attached hydrogens (primary N) is 1. The van der Waals surface area contributed by atoms with Crippen LogP contribution in [0.3, 0.4) is 0 Å². The summed E-state index contributed by atoms with van der Waals surface area (Å²) in [4.78, 5) is 4.18. The number of aromatic nitrogens is 2. The molecule has 0 aromatic carbocycles. The molecule has 0 spiro atoms. The Bertz CT molecular complexity index is 334. The Morgan fingerprint density at radius 3 is 3.29 bits per heavy atom. The van der Waals surface area contributed by atoms with E-state index in [9.17, 15) is 0 Å². The molecule has 0 aliphatic carbocycles. The van der Waals surface area contributed by atoms with Crippen LogP contribution in [0.1, 0.15) is 25.1 Å². The van der Waals surface area contributed by atoms with E-state index in [0.29, 0.717) is 12.5 Å². The van der Waals surface area contributed by atoms with E-state index in [4.69, 9.17) is 15.2 Å². The first kappa shape index (κ1) is 12.5. The van der Waals surface area contributed by atoms with Crippen LogP contribution in [0.2, 0.25) is 0 Å². The van der Waals surface area contributed by atoms with E-state index in [1.54, 1.807) is 0 Å². The highest BCUT2D eigenvalue weighted by atomic mass is 16.5. The van der Waals surface area contributed by atoms with Crippen molar-refractivity contribution in [2.24, 2.45) is 11.7 Å². The lowest BCUT2D eigenvalue weighted by atomic mass is 9.97. The minimum absolute atomic E-state index is 0.0154. The summed E-state index contributed by atoms with van der Waals surface area (Å²) in [5, 5.41) is 0. The third-order valence-corrected chi connectivity index (χ3v) is 3.24. The van der Waals surface area contributed by atoms with Gasteiger partial charge in [-0.05, 0) is 13.3 Å². The first-order chi connectivity index (χ1) is 8.33. The van der Waals surface area contributed by atoms with Gasteiger partial charge < -0.3 is 19.8 Å². The minimum Gasteiger partial charge on any atom is -0.381 e. The van der Waals surface area contributed by atoms with E-state index in [0.717, 1.165) is 38.5 Å². The Kier molecular flexibility index (Phi) is 4.53. The third kappa shape index (κ3) is 3.06. The molecule has 2 atom stereocenters. The Labute approximate surface area is 102 Å². The number of nitrogens with zero attached hydrogens (tertiary/aromatic N) is 2. The van der Waals surface area contributed by atoms with Crippen molar-refractivity contribution >= 4 is 0 Å². The highest BCUT2D eigenvalue weighted by Crippen LogP contribution is 2.26. The highest BCUT2D eigenvalue weighted by Gasteiger charge is 2.26. The lowest BCUT2D eigenvalue weighted by molar-refractivity contribution is 0.137. The monoisotopic (exact) mass is 239 g/mol. The summed E-state index contributed by atoms with van der Waals surface area (Å²) in [6.07, 6.45) is 4.72. The van der Waals surface area contributed by atoms with Crippen molar-refractivity contribution in [3.05, 3.63) is 18.2 Å². The molecule has 2 rings (SSSR count). The molecule has 1 aliphatic rings. The van der Waals surface area contributed by atoms with Crippen LogP contribution in [0.5, 0.6) is 0 Å². The molecule has 5 nitrogen and oxygen atoms in total. The van der Waals surface area contributed by atoms with E-state index in [1.807, 2.05) is 19.4 Å². The zero-order valence-electron chi connectivity index (χ0n) is 10.3. The van der Waals surface area contributed by atoms with E-state index >= 15 is 0 Å². The van der Waals surface area contributed by atoms with E-state index in [1.165, 1.54) is 0 Å². The van der Waals surface area contributed by atoms with E-state index in [-0.39, 0.29) is 6.04 Å². The van der Waals surface area contributed by atoms with Gasteiger partial charge in [0.1, 0.15) is 0 Å². The predicted octanol–water partition coefficient (Wildman–Crippen LogP) is 0.956. The fourth-order valence-electron chi connectivity index (χ4n) is 2.18. The van der Waals surface area contributed by atoms with Crippen molar-refractivity contribution in [3.8, 4) is 0 Å². The molecule has 1 fully saturated rings. The second kappa shape index (κ2) is 6.14. The number of ether oxygens (including phenoxy) is 2. The normalized spacial score (nSPS) is 21.9. The standard InChI is InChI=1S/C12H21N3O2/c1-2-16-6-4-15-9-14-7-11(15)12(13)10-3-5-17-8-10/h7,9-10,12H,2-6,8,13H2,1H3. The maximum Gasteiger partial charge on any atom is 0.0949 e. The van der Waals surface area contributed by atoms with Crippen LogP contribution in [0.15, 0.2) is 12.5 Å². The largest absolute Gasteiger partial charge is 0.381 e. The average molecular weight is 239 g/mol. The number of rotatable bonds is 6. The van der Waals surface area contributed by atoms with Gasteiger partial charge in [-0.15, -0.1) is 0 Å². The van der Waals surface area contributed by atoms with Gasteiger partial charge in [-0.2, -0.15) is 0 Å². The Morgan fingerprint density at radius 2 is 2.59 bits per heavy atom. The summed E-state index contributed by atoms with van der Waals surface area (Å²) < 4.78 is 12.8. The molecular formula is C12H21N3O2. The summed E-state index contributed by atoms with van der Waals surface area (Å²) in [7, 11) is 0. The predicted molar refractivity (Wildman–Crippen MR) is 64.6 cm³/mol. The zero-order valence-corrected chi connectivity index (χ0v) is 10.3. The molecule has 1 aromatic heterocycles. The minimum atomic E-state index is 0.0154. The van der Waals surface area contributed by atoms with Crippen LogP contribution in [-0.2, 0) is 16.0 Å². The summed E-state index contributed by atoms with van der Waals surface area (Å²) in [6, 6.07) is 0.0154. The third-order valence-electron chi connectivity index (χ3n) is 3.24. The van der Waals surface area contributed by atoms with Crippen molar-refractivity contribution in [1.29, 1.82) is 0 Å². The van der Waals surface area contributed by atoms with Gasteiger partial charge in [0, 0.05) is 31.9 Å². The van der Waals surface area contributed by atoms with Crippen molar-refractivity contribution in [1.82, 2.24) is 9.55 Å². The first-order valence-corrected chi connectivity index (χ1v) is 6.24. The zero-order chi connectivity index (χ0) is 12.1. The van der Waals surface area contributed by atoms with Gasteiger partial charge in [-0.25, -0.2) is 4.98 Å². The molecular weight excluding hydrogens is 218 g/mol. The molecule has 2 N–H and O–H groups in total. The second-order valence-electron chi connectivity index (χ2n) is 4.36. The van der Waals surface area contributed by atoms with E-state index in [2.05, 4.69) is 9.55 Å². The highest BCUT2D eigenvalue weighted by molar-refractivity contribution is 5.07. The number of hydrogen-bond acceptors (Lipinski definition) is 4. The molecule has 0 amide bonds. The molecule has 2 heterocycles. The summed E-state index contributed by atoms with van der Waals surface area (Å²) >= 11 is 0. The number of imidazole rings is 1. The summed E-state index contributed by atoms with van der Waals surface area (Å²) in [5.74, 6) is 0.414. The molecule has 1 aliphatic heterocycles. The van der Waals surface area contributed by atoms with Gasteiger partial charge in [0.25, 0.3) is 0 Å². The van der Waals surface area contributed by atoms with Gasteiger partial charge in [0.2, 0.25) is 0 Å². The Morgan fingerprint density at radius 1 is 1.71 bits per heavy atom. The summed E-state index contributed by atoms with van der Waals surface area (Å²) in [6.45, 7) is 5.84. The quantitative estimate of drug-likeness (QED) is 0.751. The molecule has 5 heteroatoms. The molecule has 0 bridgehead atoms. The van der Waals surface area contributed by atoms with Crippen LogP contribution in [0.4, 0.5) is 0 Å². The van der Waals surface area contributed by atoms with Gasteiger partial charge in [0.15, 0.2) is 0 Å². The topological polar surface area (TPSA) is 62.3 Å². The van der Waals surface area contributed by atoms with Gasteiger partial charge >= 0.3 is 0 Å². The van der Waals surface area contributed by atoms with Crippen LogP contribution in [-0.4, -0.2) is 36.0 Å². The van der Waals surface area contributed by atoms with E-state index < -0.39 is 0 Å². The SMILES string of the molecule is CCOCCn1cncc1C(N)C1CCOC1. The molecule has 17 heavy (non-hydrogen) atoms. The Balaban J connectivity index is 1.96. The van der Waals surface area contributed by atoms with Crippen molar-refractivity contribution < 1.29 is 9.47 Å². The van der Waals surface area contributed by atoms with Crippen LogP contribution in [0.25, 0.3) is 0 Å². The fourth-order valence-corrected chi connectivity index (χ4v) is 2.18. The van der Waals surface area contributed by atoms with Crippen LogP contribution in [0, 0.1) is 5.92 Å². The lowest BCUT2D eigenvalue weighted by Crippen LogP contribution is -2.25. The maximum absolute atomic E-state index is 6.27. The van der Waals surface area contributed by atoms with Gasteiger partial charge in [-0.1, -0.05) is 0 Å². The first-order valence-electron chi connectivity index (χ1n) is 6.24. The smallest absolute Gasteiger partial charge is 0.0949 e. The maximum atomic E-state index is 6.27. The molecule has 1 aromatic rings. The van der Waals surface area contributed by atoms with Crippen molar-refractivity contribution in [2.75, 3.05) is 26.4 Å². The average Bonchev–Trinajstić information content (AvgIpc) is 3.00. The van der Waals surface area contributed by atoms with Crippen molar-refractivity contribution in [3.63, 3.8) is 0 Å². The second-order valence-corrected chi connectivity index (χ2v) is 4.36. The molecule has 1 saturated heterocycles. The summed E-state index contributed by atoms with van der Waals surface area (Å²) in [5.41, 5.74) is 7.35. The fraction of sp³-hybridized carbons (Fsp3) is 0.750. The number of hydrogen-bond donors (Lipinski definition) is 1. The Hall–Kier alpha value is -0.910. The van der Waals surface area contributed by atoms with Gasteiger partial charge in [0.05, 0.1) is 31.3 Å². The molecule has 96 valence electrons. The van der Waals surface area contributed by atoms with Crippen LogP contribution < -0.4 is 5.73 Å². The molecule has 2 unspecified atom stereocenters. The van der Waals surface area contributed by atoms with Crippen molar-refractivity contribution in [2.45, 2.75) is 25.9 Å². The lowest BCUT2D eigenvalue weighted by Gasteiger charge is -2.19. The van der Waals surface area contributed by atoms with Crippen LogP contribution >= 0.6 is 0 Å².